The van der Waals surface area contributed by atoms with Crippen LogP contribution >= 0.6 is 50.6 Å². The van der Waals surface area contributed by atoms with E-state index in [1.807, 2.05) is 22.8 Å². The molecule has 1 amide bonds. The largest absolute Gasteiger partial charge is 0.296 e. The summed E-state index contributed by atoms with van der Waals surface area (Å²) in [4.78, 5) is 22.8. The van der Waals surface area contributed by atoms with Crippen molar-refractivity contribution in [2.75, 3.05) is 5.75 Å². The van der Waals surface area contributed by atoms with Gasteiger partial charge in [0.1, 0.15) is 5.00 Å². The Morgan fingerprint density at radius 2 is 2.15 bits per heavy atom. The maximum Gasteiger partial charge on any atom is 0.296 e. The van der Waals surface area contributed by atoms with E-state index < -0.39 is 5.91 Å². The summed E-state index contributed by atoms with van der Waals surface area (Å²) in [6, 6.07) is 7.85. The van der Waals surface area contributed by atoms with Gasteiger partial charge in [0.15, 0.2) is 5.16 Å². The molecule has 0 atom stereocenters. The minimum atomic E-state index is -0.721. The maximum atomic E-state index is 11.3. The Balaban J connectivity index is 1.80. The SMILES string of the molecule is O=NC(=O)CSc1nnc(Br)n1-c1sc(-c2cccc(Cl)c2)c2c1CCC2. The third-order valence-corrected chi connectivity index (χ3v) is 7.23. The number of carbonyl (C=O) groups is 1. The second-order valence-corrected chi connectivity index (χ2v) is 9.01. The molecule has 2 aromatic heterocycles. The summed E-state index contributed by atoms with van der Waals surface area (Å²) < 4.78 is 2.45. The van der Waals surface area contributed by atoms with Crippen molar-refractivity contribution in [3.8, 4) is 15.4 Å². The van der Waals surface area contributed by atoms with Crippen molar-refractivity contribution in [3.63, 3.8) is 0 Å². The van der Waals surface area contributed by atoms with Gasteiger partial charge < -0.3 is 0 Å². The highest BCUT2D eigenvalue weighted by atomic mass is 79.9. The first kappa shape index (κ1) is 18.8. The average molecular weight is 484 g/mol. The van der Waals surface area contributed by atoms with Crippen molar-refractivity contribution in [1.82, 2.24) is 14.8 Å². The number of aromatic nitrogens is 3. The molecule has 0 unspecified atom stereocenters. The number of benzene rings is 1. The lowest BCUT2D eigenvalue weighted by molar-refractivity contribution is -0.115. The van der Waals surface area contributed by atoms with Crippen molar-refractivity contribution in [2.45, 2.75) is 24.4 Å². The van der Waals surface area contributed by atoms with E-state index in [-0.39, 0.29) is 5.75 Å². The summed E-state index contributed by atoms with van der Waals surface area (Å²) in [6.45, 7) is 0. The highest BCUT2D eigenvalue weighted by Crippen LogP contribution is 2.45. The van der Waals surface area contributed by atoms with E-state index in [4.69, 9.17) is 11.6 Å². The minimum absolute atomic E-state index is 0.0661. The molecular weight excluding hydrogens is 472 g/mol. The molecule has 1 aliphatic rings. The van der Waals surface area contributed by atoms with Crippen molar-refractivity contribution < 1.29 is 4.79 Å². The third kappa shape index (κ3) is 3.61. The number of nitrogens with zero attached hydrogens (tertiary/aromatic N) is 4. The number of amides is 1. The first-order valence-electron chi connectivity index (χ1n) is 8.09. The minimum Gasteiger partial charge on any atom is -0.268 e. The van der Waals surface area contributed by atoms with Crippen LogP contribution in [0.5, 0.6) is 0 Å². The summed E-state index contributed by atoms with van der Waals surface area (Å²) >= 11 is 12.5. The van der Waals surface area contributed by atoms with Crippen LogP contribution in [0.25, 0.3) is 15.4 Å². The standard InChI is InChI=1S/C17H12BrClN4O2S2/c18-16-20-21-17(26-8-13(24)22-25)23(16)15-12-6-2-5-11(12)14(27-15)9-3-1-4-10(19)7-9/h1,3-4,7H,2,5-6,8H2. The predicted molar refractivity (Wildman–Crippen MR) is 111 cm³/mol. The molecule has 0 saturated heterocycles. The van der Waals surface area contributed by atoms with Crippen LogP contribution in [0.3, 0.4) is 0 Å². The molecule has 1 aromatic carbocycles. The monoisotopic (exact) mass is 482 g/mol. The van der Waals surface area contributed by atoms with E-state index >= 15 is 0 Å². The number of hydrogen-bond acceptors (Lipinski definition) is 6. The van der Waals surface area contributed by atoms with E-state index in [9.17, 15) is 9.70 Å². The Morgan fingerprint density at radius 1 is 1.33 bits per heavy atom. The van der Waals surface area contributed by atoms with E-state index in [2.05, 4.69) is 37.4 Å². The first-order valence-corrected chi connectivity index (χ1v) is 11.1. The molecule has 0 fully saturated rings. The predicted octanol–water partition coefficient (Wildman–Crippen LogP) is 5.29. The Morgan fingerprint density at radius 3 is 2.93 bits per heavy atom. The Hall–Kier alpha value is -1.55. The van der Waals surface area contributed by atoms with Crippen molar-refractivity contribution in [1.29, 1.82) is 0 Å². The van der Waals surface area contributed by atoms with Gasteiger partial charge in [-0.25, -0.2) is 0 Å². The number of thiophene rings is 1. The number of halogens is 2. The molecule has 0 N–H and O–H groups in total. The molecule has 1 aliphatic carbocycles. The van der Waals surface area contributed by atoms with Gasteiger partial charge in [0, 0.05) is 15.1 Å². The molecule has 0 aliphatic heterocycles. The van der Waals surface area contributed by atoms with Crippen LogP contribution in [0, 0.1) is 4.91 Å². The van der Waals surface area contributed by atoms with E-state index in [0.29, 0.717) is 14.9 Å². The van der Waals surface area contributed by atoms with Crippen LogP contribution in [0.15, 0.2) is 39.3 Å². The van der Waals surface area contributed by atoms with Gasteiger partial charge >= 0.3 is 0 Å². The normalized spacial score (nSPS) is 13.0. The number of fused-ring (bicyclic) bond motifs is 1. The lowest BCUT2D eigenvalue weighted by Crippen LogP contribution is -2.01. The summed E-state index contributed by atoms with van der Waals surface area (Å²) in [7, 11) is 0. The molecule has 4 rings (SSSR count). The van der Waals surface area contributed by atoms with Crippen LogP contribution in [0.4, 0.5) is 0 Å². The highest BCUT2D eigenvalue weighted by Gasteiger charge is 2.27. The summed E-state index contributed by atoms with van der Waals surface area (Å²) in [5.74, 6) is -0.787. The molecule has 0 saturated carbocycles. The van der Waals surface area contributed by atoms with Crippen LogP contribution in [-0.2, 0) is 17.6 Å². The Kier molecular flexibility index (Phi) is 5.45. The molecule has 0 radical (unpaired) electrons. The fourth-order valence-electron chi connectivity index (χ4n) is 3.16. The second kappa shape index (κ2) is 7.83. The topological polar surface area (TPSA) is 77.2 Å². The summed E-state index contributed by atoms with van der Waals surface area (Å²) in [5, 5.41) is 12.9. The Bertz CT molecular complexity index is 1050. The second-order valence-electron chi connectivity index (χ2n) is 5.92. The number of thioether (sulfide) groups is 1. The average Bonchev–Trinajstić information content (AvgIpc) is 3.35. The van der Waals surface area contributed by atoms with Gasteiger partial charge in [-0.15, -0.1) is 26.4 Å². The van der Waals surface area contributed by atoms with E-state index in [1.54, 1.807) is 11.3 Å². The first-order chi connectivity index (χ1) is 13.1. The number of carbonyl (C=O) groups excluding carboxylic acids is 1. The van der Waals surface area contributed by atoms with Crippen LogP contribution in [0.1, 0.15) is 17.5 Å². The van der Waals surface area contributed by atoms with Crippen molar-refractivity contribution in [3.05, 3.63) is 50.1 Å². The van der Waals surface area contributed by atoms with Gasteiger partial charge in [-0.3, -0.25) is 9.36 Å². The fourth-order valence-corrected chi connectivity index (χ4v) is 6.18. The Labute approximate surface area is 176 Å². The van der Waals surface area contributed by atoms with Crippen LogP contribution in [0.2, 0.25) is 5.02 Å². The molecule has 3 aromatic rings. The summed E-state index contributed by atoms with van der Waals surface area (Å²) in [5.41, 5.74) is 3.70. The molecule has 2 heterocycles. The zero-order valence-electron chi connectivity index (χ0n) is 13.8. The molecule has 0 spiro atoms. The zero-order chi connectivity index (χ0) is 19.0. The number of hydrogen-bond donors (Lipinski definition) is 0. The quantitative estimate of drug-likeness (QED) is 0.364. The fraction of sp³-hybridized carbons (Fsp3) is 0.235. The van der Waals surface area contributed by atoms with Gasteiger partial charge in [-0.05, 0) is 64.0 Å². The smallest absolute Gasteiger partial charge is 0.268 e. The molecular formula is C17H12BrClN4O2S2. The molecule has 138 valence electrons. The van der Waals surface area contributed by atoms with Crippen molar-refractivity contribution in [2.24, 2.45) is 5.18 Å². The van der Waals surface area contributed by atoms with Gasteiger partial charge in [0.05, 0.1) is 5.75 Å². The number of rotatable bonds is 5. The van der Waals surface area contributed by atoms with Crippen LogP contribution < -0.4 is 0 Å². The lowest BCUT2D eigenvalue weighted by atomic mass is 10.1. The van der Waals surface area contributed by atoms with Crippen LogP contribution in [-0.4, -0.2) is 26.4 Å². The summed E-state index contributed by atoms with van der Waals surface area (Å²) in [6.07, 6.45) is 3.09. The maximum absolute atomic E-state index is 11.3. The molecule has 6 nitrogen and oxygen atoms in total. The molecule has 10 heteroatoms. The van der Waals surface area contributed by atoms with E-state index in [1.165, 1.54) is 16.0 Å². The van der Waals surface area contributed by atoms with Gasteiger partial charge in [-0.2, -0.15) is 0 Å². The van der Waals surface area contributed by atoms with Crippen molar-refractivity contribution >= 4 is 56.5 Å². The van der Waals surface area contributed by atoms with Gasteiger partial charge in [-0.1, -0.05) is 35.5 Å². The highest BCUT2D eigenvalue weighted by molar-refractivity contribution is 9.10. The zero-order valence-corrected chi connectivity index (χ0v) is 17.8. The van der Waals surface area contributed by atoms with Gasteiger partial charge in [0.25, 0.3) is 5.91 Å². The molecule has 27 heavy (non-hydrogen) atoms. The third-order valence-electron chi connectivity index (χ3n) is 4.26. The molecule has 0 bridgehead atoms. The van der Waals surface area contributed by atoms with Gasteiger partial charge in [0.2, 0.25) is 4.73 Å². The number of nitroso groups, excluding NO2 is 1. The van der Waals surface area contributed by atoms with E-state index in [0.717, 1.165) is 41.6 Å². The lowest BCUT2D eigenvalue weighted by Gasteiger charge is -2.06.